The second kappa shape index (κ2) is 8.37. The smallest absolute Gasteiger partial charge is 0.201 e. The first kappa shape index (κ1) is 22.3. The number of fused-ring (bicyclic) bond motifs is 2. The van der Waals surface area contributed by atoms with Crippen molar-refractivity contribution in [3.05, 3.63) is 29.8 Å². The average molecular weight is 447 g/mol. The van der Waals surface area contributed by atoms with Crippen molar-refractivity contribution in [1.29, 1.82) is 0 Å². The highest BCUT2D eigenvalue weighted by Crippen LogP contribution is 2.60. The zero-order chi connectivity index (χ0) is 22.5. The molecule has 0 amide bonds. The lowest BCUT2D eigenvalue weighted by Crippen LogP contribution is -2.70. The molecule has 6 rings (SSSR count). The molecule has 0 N–H and O–H groups in total. The monoisotopic (exact) mass is 446 g/mol. The van der Waals surface area contributed by atoms with Crippen molar-refractivity contribution in [2.24, 2.45) is 23.7 Å². The molecule has 4 saturated heterocycles. The number of ketones is 1. The van der Waals surface area contributed by atoms with Crippen molar-refractivity contribution in [3.63, 3.8) is 0 Å². The van der Waals surface area contributed by atoms with Crippen molar-refractivity contribution in [3.8, 4) is 5.75 Å². The highest BCUT2D eigenvalue weighted by molar-refractivity contribution is 5.94. The summed E-state index contributed by atoms with van der Waals surface area (Å²) in [5, 5.41) is 0. The summed E-state index contributed by atoms with van der Waals surface area (Å²) in [5.74, 6) is 1.14. The number of carbonyl (C=O) groups is 1. The topological polar surface area (TPSA) is 72.5 Å². The van der Waals surface area contributed by atoms with E-state index in [2.05, 4.69) is 13.8 Å². The van der Waals surface area contributed by atoms with Gasteiger partial charge in [-0.05, 0) is 57.1 Å². The van der Waals surface area contributed by atoms with Gasteiger partial charge in [-0.25, -0.2) is 9.78 Å². The van der Waals surface area contributed by atoms with Crippen LogP contribution < -0.4 is 4.74 Å². The van der Waals surface area contributed by atoms with Gasteiger partial charge in [0.25, 0.3) is 0 Å². The summed E-state index contributed by atoms with van der Waals surface area (Å²) in [6.07, 6.45) is 3.11. The molecule has 1 aromatic carbocycles. The molecule has 2 bridgehead atoms. The number of Topliss-reactive ketones (excluding diaryl/α,β-unsaturated/α-hetero) is 1. The first-order valence-corrected chi connectivity index (χ1v) is 11.9. The fraction of sp³-hybridized carbons (Fsp3) is 0.720. The summed E-state index contributed by atoms with van der Waals surface area (Å²) in [6, 6.07) is 7.20. The van der Waals surface area contributed by atoms with Crippen molar-refractivity contribution >= 4 is 5.78 Å². The summed E-state index contributed by atoms with van der Waals surface area (Å²) in [4.78, 5) is 23.6. The Morgan fingerprint density at radius 1 is 1.12 bits per heavy atom. The van der Waals surface area contributed by atoms with Gasteiger partial charge < -0.3 is 18.9 Å². The number of benzene rings is 1. The Morgan fingerprint density at radius 3 is 2.78 bits per heavy atom. The van der Waals surface area contributed by atoms with Gasteiger partial charge in [0.15, 0.2) is 24.0 Å². The van der Waals surface area contributed by atoms with Gasteiger partial charge in [-0.15, -0.1) is 0 Å². The van der Waals surface area contributed by atoms with E-state index in [1.807, 2.05) is 19.1 Å². The zero-order valence-corrected chi connectivity index (χ0v) is 19.4. The van der Waals surface area contributed by atoms with Gasteiger partial charge in [-0.3, -0.25) is 4.79 Å². The van der Waals surface area contributed by atoms with Gasteiger partial charge in [0.1, 0.15) is 12.4 Å². The fourth-order valence-corrected chi connectivity index (χ4v) is 6.19. The van der Waals surface area contributed by atoms with Crippen LogP contribution in [0.2, 0.25) is 0 Å². The normalized spacial score (nSPS) is 42.8. The van der Waals surface area contributed by atoms with Crippen LogP contribution in [0, 0.1) is 23.7 Å². The van der Waals surface area contributed by atoms with Crippen LogP contribution in [-0.2, 0) is 24.0 Å². The molecule has 1 aromatic rings. The number of ether oxygens (including phenoxy) is 4. The minimum atomic E-state index is -0.784. The van der Waals surface area contributed by atoms with Crippen LogP contribution in [0.15, 0.2) is 24.3 Å². The van der Waals surface area contributed by atoms with E-state index in [1.54, 1.807) is 19.1 Å². The molecule has 0 radical (unpaired) electrons. The molecule has 7 heteroatoms. The van der Waals surface area contributed by atoms with Gasteiger partial charge in [0.2, 0.25) is 5.79 Å². The number of hydrogen-bond donors (Lipinski definition) is 0. The summed E-state index contributed by atoms with van der Waals surface area (Å²) >= 11 is 0. The van der Waals surface area contributed by atoms with Crippen LogP contribution in [0.3, 0.4) is 0 Å². The van der Waals surface area contributed by atoms with E-state index in [4.69, 9.17) is 28.7 Å². The Morgan fingerprint density at radius 2 is 1.97 bits per heavy atom. The standard InChI is InChI=1S/C25H34O7/c1-15-8-9-21-16(2)22(28-13-12-27-19-7-5-6-18(14-19)17(3)26)29-23-25(21)20(15)10-11-24(4,30-23)31-32-25/h5-7,14-16,20-23H,8-13H2,1-4H3/t15-,16-,20?,21+,22+,23-,24-,25-/m1/s1. The van der Waals surface area contributed by atoms with Crippen LogP contribution in [0.25, 0.3) is 0 Å². The lowest BCUT2D eigenvalue weighted by Gasteiger charge is -2.60. The Bertz CT molecular complexity index is 858. The Balaban J connectivity index is 1.25. The number of carbonyl (C=O) groups excluding carboxylic acids is 1. The third-order valence-corrected chi connectivity index (χ3v) is 7.97. The lowest BCUT2D eigenvalue weighted by atomic mass is 9.58. The van der Waals surface area contributed by atoms with Gasteiger partial charge >= 0.3 is 0 Å². The third-order valence-electron chi connectivity index (χ3n) is 7.97. The van der Waals surface area contributed by atoms with Crippen molar-refractivity contribution in [2.45, 2.75) is 77.3 Å². The van der Waals surface area contributed by atoms with Crippen LogP contribution >= 0.6 is 0 Å². The van der Waals surface area contributed by atoms with Crippen molar-refractivity contribution in [2.75, 3.05) is 13.2 Å². The SMILES string of the molecule is CC(=O)c1cccc(OCCO[C@H]2O[C@@H]3O[C@@]4(C)CCC5[C@H](C)CC[C@@H]([C@H]2C)[C@]53OO4)c1. The maximum absolute atomic E-state index is 11.6. The molecule has 1 aliphatic carbocycles. The van der Waals surface area contributed by atoms with Crippen LogP contribution in [0.4, 0.5) is 0 Å². The molecule has 32 heavy (non-hydrogen) atoms. The Hall–Kier alpha value is -1.51. The third kappa shape index (κ3) is 3.68. The molecular formula is C25H34O7. The molecule has 1 spiro atoms. The number of rotatable bonds is 6. The average Bonchev–Trinajstić information content (AvgIpc) is 3.00. The quantitative estimate of drug-likeness (QED) is 0.362. The predicted octanol–water partition coefficient (Wildman–Crippen LogP) is 4.49. The first-order chi connectivity index (χ1) is 15.3. The molecule has 5 aliphatic rings. The van der Waals surface area contributed by atoms with E-state index in [0.717, 1.165) is 25.7 Å². The minimum absolute atomic E-state index is 0.0164. The molecule has 4 heterocycles. The molecular weight excluding hydrogens is 412 g/mol. The Kier molecular flexibility index (Phi) is 5.83. The highest BCUT2D eigenvalue weighted by atomic mass is 17.3. The van der Waals surface area contributed by atoms with Crippen LogP contribution in [0.1, 0.15) is 63.7 Å². The largest absolute Gasteiger partial charge is 0.491 e. The second-order valence-electron chi connectivity index (χ2n) is 10.1. The van der Waals surface area contributed by atoms with Crippen LogP contribution in [0.5, 0.6) is 5.75 Å². The van der Waals surface area contributed by atoms with Crippen molar-refractivity contribution in [1.82, 2.24) is 0 Å². The molecule has 1 unspecified atom stereocenters. The summed E-state index contributed by atoms with van der Waals surface area (Å²) in [6.45, 7) is 8.70. The lowest BCUT2D eigenvalue weighted by molar-refractivity contribution is -0.577. The van der Waals surface area contributed by atoms with Gasteiger partial charge in [0, 0.05) is 23.8 Å². The fourth-order valence-electron chi connectivity index (χ4n) is 6.19. The maximum Gasteiger partial charge on any atom is 0.201 e. The maximum atomic E-state index is 11.6. The van der Waals surface area contributed by atoms with Gasteiger partial charge in [-0.2, -0.15) is 0 Å². The molecule has 1 saturated carbocycles. The summed E-state index contributed by atoms with van der Waals surface area (Å²) in [5.41, 5.74) is 0.0617. The Labute approximate surface area is 189 Å². The minimum Gasteiger partial charge on any atom is -0.491 e. The summed E-state index contributed by atoms with van der Waals surface area (Å²) < 4.78 is 24.7. The van der Waals surface area contributed by atoms with E-state index in [-0.39, 0.29) is 17.6 Å². The second-order valence-corrected chi connectivity index (χ2v) is 10.1. The molecule has 0 aromatic heterocycles. The van der Waals surface area contributed by atoms with E-state index in [1.165, 1.54) is 0 Å². The van der Waals surface area contributed by atoms with Gasteiger partial charge in [0.05, 0.1) is 6.61 Å². The van der Waals surface area contributed by atoms with Crippen molar-refractivity contribution < 1.29 is 33.5 Å². The van der Waals surface area contributed by atoms with E-state index in [0.29, 0.717) is 36.4 Å². The molecule has 176 valence electrons. The predicted molar refractivity (Wildman–Crippen MR) is 115 cm³/mol. The van der Waals surface area contributed by atoms with E-state index >= 15 is 0 Å². The molecule has 7 nitrogen and oxygen atoms in total. The molecule has 5 fully saturated rings. The van der Waals surface area contributed by atoms with E-state index < -0.39 is 24.0 Å². The van der Waals surface area contributed by atoms with Crippen LogP contribution in [-0.4, -0.2) is 43.0 Å². The zero-order valence-electron chi connectivity index (χ0n) is 19.4. The van der Waals surface area contributed by atoms with Gasteiger partial charge in [-0.1, -0.05) is 26.0 Å². The van der Waals surface area contributed by atoms with E-state index in [9.17, 15) is 4.79 Å². The molecule has 4 aliphatic heterocycles. The number of hydrogen-bond acceptors (Lipinski definition) is 7. The molecule has 8 atom stereocenters. The first-order valence-electron chi connectivity index (χ1n) is 11.9. The highest BCUT2D eigenvalue weighted by Gasteiger charge is 2.69. The summed E-state index contributed by atoms with van der Waals surface area (Å²) in [7, 11) is 0.